The number of aromatic nitrogens is 2. The summed E-state index contributed by atoms with van der Waals surface area (Å²) in [5.41, 5.74) is 1.12. The Labute approximate surface area is 158 Å². The van der Waals surface area contributed by atoms with E-state index in [-0.39, 0.29) is 11.6 Å². The fourth-order valence-corrected chi connectivity index (χ4v) is 2.82. The van der Waals surface area contributed by atoms with E-state index < -0.39 is 0 Å². The number of nitrogens with zero attached hydrogens (tertiary/aromatic N) is 4. The number of carbonyl (C=O) groups excluding carboxylic acids is 1. The average molecular weight is 366 g/mol. The first-order chi connectivity index (χ1) is 13.2. The van der Waals surface area contributed by atoms with Crippen molar-refractivity contribution in [3.8, 4) is 6.07 Å². The van der Waals surface area contributed by atoms with Crippen molar-refractivity contribution in [3.05, 3.63) is 47.4 Å². The lowest BCUT2D eigenvalue weighted by Crippen LogP contribution is -2.39. The summed E-state index contributed by atoms with van der Waals surface area (Å²) in [5, 5.41) is 15.1. The highest BCUT2D eigenvalue weighted by atomic mass is 16.5. The Kier molecular flexibility index (Phi) is 6.30. The molecule has 0 bridgehead atoms. The van der Waals surface area contributed by atoms with Crippen LogP contribution in [0.2, 0.25) is 0 Å². The van der Waals surface area contributed by atoms with E-state index in [0.29, 0.717) is 22.9 Å². The van der Waals surface area contributed by atoms with Crippen LogP contribution in [0.3, 0.4) is 0 Å². The van der Waals surface area contributed by atoms with Crippen molar-refractivity contribution in [2.75, 3.05) is 50.0 Å². The minimum atomic E-state index is -0.376. The van der Waals surface area contributed by atoms with E-state index in [1.807, 2.05) is 0 Å². The highest BCUT2D eigenvalue weighted by Crippen LogP contribution is 2.15. The smallest absolute Gasteiger partial charge is 0.274 e. The highest BCUT2D eigenvalue weighted by molar-refractivity contribution is 6.03. The minimum Gasteiger partial charge on any atom is -0.379 e. The second-order valence-corrected chi connectivity index (χ2v) is 6.18. The van der Waals surface area contributed by atoms with Crippen LogP contribution in [0, 0.1) is 18.3 Å². The number of ether oxygens (including phenoxy) is 1. The molecule has 1 aliphatic heterocycles. The van der Waals surface area contributed by atoms with E-state index in [4.69, 9.17) is 10.00 Å². The van der Waals surface area contributed by atoms with E-state index in [0.717, 1.165) is 39.4 Å². The molecule has 1 aromatic carbocycles. The van der Waals surface area contributed by atoms with E-state index in [9.17, 15) is 4.79 Å². The Bertz CT molecular complexity index is 842. The topological polar surface area (TPSA) is 103 Å². The fourth-order valence-electron chi connectivity index (χ4n) is 2.82. The predicted molar refractivity (Wildman–Crippen MR) is 102 cm³/mol. The van der Waals surface area contributed by atoms with Gasteiger partial charge in [0.1, 0.15) is 23.4 Å². The second kappa shape index (κ2) is 9.07. The van der Waals surface area contributed by atoms with Crippen molar-refractivity contribution in [3.63, 3.8) is 0 Å². The predicted octanol–water partition coefficient (Wildman–Crippen LogP) is 1.65. The van der Waals surface area contributed by atoms with Crippen LogP contribution in [-0.2, 0) is 4.74 Å². The Morgan fingerprint density at radius 2 is 2.07 bits per heavy atom. The van der Waals surface area contributed by atoms with Crippen molar-refractivity contribution >= 4 is 17.4 Å². The molecule has 1 amide bonds. The summed E-state index contributed by atoms with van der Waals surface area (Å²) in [6.45, 7) is 6.72. The Hall–Kier alpha value is -3.02. The average Bonchev–Trinajstić information content (AvgIpc) is 2.69. The summed E-state index contributed by atoms with van der Waals surface area (Å²) >= 11 is 0. The molecular weight excluding hydrogens is 344 g/mol. The molecule has 0 unspecified atom stereocenters. The Morgan fingerprint density at radius 3 is 2.85 bits per heavy atom. The molecule has 27 heavy (non-hydrogen) atoms. The Morgan fingerprint density at radius 1 is 1.30 bits per heavy atom. The summed E-state index contributed by atoms with van der Waals surface area (Å²) in [4.78, 5) is 23.4. The van der Waals surface area contributed by atoms with Gasteiger partial charge in [0.05, 0.1) is 24.5 Å². The number of rotatable bonds is 6. The van der Waals surface area contributed by atoms with Gasteiger partial charge in [0.25, 0.3) is 5.91 Å². The van der Waals surface area contributed by atoms with Crippen molar-refractivity contribution in [1.82, 2.24) is 14.9 Å². The van der Waals surface area contributed by atoms with Crippen LogP contribution in [-0.4, -0.2) is 60.2 Å². The van der Waals surface area contributed by atoms with Crippen LogP contribution < -0.4 is 10.6 Å². The molecule has 1 saturated heterocycles. The molecule has 8 nitrogen and oxygen atoms in total. The molecule has 8 heteroatoms. The number of amides is 1. The zero-order valence-corrected chi connectivity index (χ0v) is 15.2. The molecule has 0 aliphatic carbocycles. The summed E-state index contributed by atoms with van der Waals surface area (Å²) in [6.07, 6.45) is 0. The first-order valence-corrected chi connectivity index (χ1v) is 8.86. The monoisotopic (exact) mass is 366 g/mol. The molecule has 1 aliphatic rings. The lowest BCUT2D eigenvalue weighted by Gasteiger charge is -2.26. The van der Waals surface area contributed by atoms with Crippen LogP contribution in [0.4, 0.5) is 11.5 Å². The summed E-state index contributed by atoms with van der Waals surface area (Å²) in [6, 6.07) is 10.5. The molecule has 0 saturated carbocycles. The first-order valence-electron chi connectivity index (χ1n) is 8.86. The quantitative estimate of drug-likeness (QED) is 0.801. The van der Waals surface area contributed by atoms with Crippen molar-refractivity contribution in [2.24, 2.45) is 0 Å². The van der Waals surface area contributed by atoms with Gasteiger partial charge in [0.2, 0.25) is 0 Å². The van der Waals surface area contributed by atoms with Gasteiger partial charge in [0, 0.05) is 32.2 Å². The van der Waals surface area contributed by atoms with Gasteiger partial charge in [-0.25, -0.2) is 9.97 Å². The van der Waals surface area contributed by atoms with Crippen LogP contribution in [0.25, 0.3) is 0 Å². The largest absolute Gasteiger partial charge is 0.379 e. The zero-order valence-electron chi connectivity index (χ0n) is 15.2. The number of para-hydroxylation sites is 1. The van der Waals surface area contributed by atoms with Crippen LogP contribution in [0.1, 0.15) is 21.9 Å². The third kappa shape index (κ3) is 5.23. The van der Waals surface area contributed by atoms with Crippen molar-refractivity contribution in [2.45, 2.75) is 6.92 Å². The molecule has 2 N–H and O–H groups in total. The number of hydrogen-bond donors (Lipinski definition) is 2. The van der Waals surface area contributed by atoms with Crippen LogP contribution >= 0.6 is 0 Å². The van der Waals surface area contributed by atoms with Gasteiger partial charge in [0.15, 0.2) is 0 Å². The Balaban J connectivity index is 1.63. The number of anilines is 2. The zero-order chi connectivity index (χ0) is 19.1. The maximum absolute atomic E-state index is 12.5. The molecule has 0 spiro atoms. The van der Waals surface area contributed by atoms with E-state index >= 15 is 0 Å². The molecule has 2 heterocycles. The van der Waals surface area contributed by atoms with Gasteiger partial charge in [-0.15, -0.1) is 0 Å². The minimum absolute atomic E-state index is 0.254. The number of aryl methyl sites for hydroxylation is 1. The van der Waals surface area contributed by atoms with E-state index in [1.54, 1.807) is 37.3 Å². The normalized spacial score (nSPS) is 14.4. The third-order valence-corrected chi connectivity index (χ3v) is 4.20. The number of carbonyl (C=O) groups is 1. The molecule has 0 radical (unpaired) electrons. The molecule has 3 rings (SSSR count). The van der Waals surface area contributed by atoms with Gasteiger partial charge >= 0.3 is 0 Å². The highest BCUT2D eigenvalue weighted by Gasteiger charge is 2.13. The van der Waals surface area contributed by atoms with Gasteiger partial charge in [-0.3, -0.25) is 9.69 Å². The molecule has 1 aromatic heterocycles. The fraction of sp³-hybridized carbons (Fsp3) is 0.368. The van der Waals surface area contributed by atoms with Gasteiger partial charge in [-0.05, 0) is 19.1 Å². The van der Waals surface area contributed by atoms with Gasteiger partial charge in [-0.1, -0.05) is 12.1 Å². The lowest BCUT2D eigenvalue weighted by molar-refractivity contribution is 0.0398. The number of benzene rings is 1. The molecular formula is C19H22N6O2. The standard InChI is InChI=1S/C19H22N6O2/c1-14-22-17(19(26)24-16-5-3-2-4-15(16)13-20)12-18(23-14)21-6-7-25-8-10-27-11-9-25/h2-5,12H,6-11H2,1H3,(H,24,26)(H,21,22,23). The SMILES string of the molecule is Cc1nc(NCCN2CCOCC2)cc(C(=O)Nc2ccccc2C#N)n1. The first kappa shape index (κ1) is 18.8. The lowest BCUT2D eigenvalue weighted by atomic mass is 10.2. The van der Waals surface area contributed by atoms with Crippen molar-refractivity contribution < 1.29 is 9.53 Å². The van der Waals surface area contributed by atoms with E-state index in [2.05, 4.69) is 31.6 Å². The molecule has 2 aromatic rings. The van der Waals surface area contributed by atoms with Crippen LogP contribution in [0.15, 0.2) is 30.3 Å². The summed E-state index contributed by atoms with van der Waals surface area (Å²) in [7, 11) is 0. The third-order valence-electron chi connectivity index (χ3n) is 4.20. The number of nitrogens with one attached hydrogen (secondary N) is 2. The maximum atomic E-state index is 12.5. The molecule has 1 fully saturated rings. The van der Waals surface area contributed by atoms with Crippen molar-refractivity contribution in [1.29, 1.82) is 5.26 Å². The van der Waals surface area contributed by atoms with Gasteiger partial charge in [-0.2, -0.15) is 5.26 Å². The summed E-state index contributed by atoms with van der Waals surface area (Å²) in [5.74, 6) is 0.735. The maximum Gasteiger partial charge on any atom is 0.274 e. The summed E-state index contributed by atoms with van der Waals surface area (Å²) < 4.78 is 5.34. The molecule has 0 atom stereocenters. The van der Waals surface area contributed by atoms with Gasteiger partial charge < -0.3 is 15.4 Å². The van der Waals surface area contributed by atoms with E-state index in [1.165, 1.54) is 0 Å². The number of morpholine rings is 1. The van der Waals surface area contributed by atoms with Crippen LogP contribution in [0.5, 0.6) is 0 Å². The second-order valence-electron chi connectivity index (χ2n) is 6.18. The number of nitriles is 1. The molecule has 140 valence electrons. The number of hydrogen-bond acceptors (Lipinski definition) is 7.